The number of aromatic nitrogens is 3. The summed E-state index contributed by atoms with van der Waals surface area (Å²) in [7, 11) is 1.58. The van der Waals surface area contributed by atoms with Crippen molar-refractivity contribution in [3.8, 4) is 5.75 Å². The van der Waals surface area contributed by atoms with Crippen molar-refractivity contribution >= 4 is 17.1 Å². The Morgan fingerprint density at radius 1 is 1.06 bits per heavy atom. The van der Waals surface area contributed by atoms with Crippen molar-refractivity contribution in [1.82, 2.24) is 19.4 Å². The number of carbonyl (C=O) groups excluding carboxylic acids is 1. The van der Waals surface area contributed by atoms with Gasteiger partial charge in [0, 0.05) is 24.8 Å². The van der Waals surface area contributed by atoms with E-state index in [1.165, 1.54) is 0 Å². The van der Waals surface area contributed by atoms with Gasteiger partial charge in [-0.1, -0.05) is 29.8 Å². The van der Waals surface area contributed by atoms with Crippen LogP contribution in [0.2, 0.25) is 0 Å². The molecule has 7 nitrogen and oxygen atoms in total. The van der Waals surface area contributed by atoms with E-state index < -0.39 is 0 Å². The first-order valence-electron chi connectivity index (χ1n) is 10.1. The number of hydrogen-bond acceptors (Lipinski definition) is 4. The van der Waals surface area contributed by atoms with Crippen LogP contribution in [-0.4, -0.2) is 33.7 Å². The maximum atomic E-state index is 13.2. The van der Waals surface area contributed by atoms with Crippen LogP contribution >= 0.6 is 0 Å². The zero-order valence-electron chi connectivity index (χ0n) is 17.5. The monoisotopic (exact) mass is 416 g/mol. The van der Waals surface area contributed by atoms with E-state index in [0.29, 0.717) is 36.6 Å². The molecule has 2 heterocycles. The van der Waals surface area contributed by atoms with Gasteiger partial charge < -0.3 is 10.1 Å². The van der Waals surface area contributed by atoms with E-state index >= 15 is 0 Å². The van der Waals surface area contributed by atoms with Crippen molar-refractivity contribution in [3.05, 3.63) is 94.0 Å². The second kappa shape index (κ2) is 8.87. The predicted octanol–water partition coefficient (Wildman–Crippen LogP) is 2.99. The molecule has 0 saturated carbocycles. The number of ether oxygens (including phenoxy) is 1. The molecule has 1 N–H and O–H groups in total. The minimum Gasteiger partial charge on any atom is -0.497 e. The highest BCUT2D eigenvalue weighted by molar-refractivity contribution is 5.94. The molecule has 0 aliphatic carbocycles. The highest BCUT2D eigenvalue weighted by atomic mass is 16.5. The van der Waals surface area contributed by atoms with Gasteiger partial charge in [-0.2, -0.15) is 0 Å². The molecule has 0 radical (unpaired) electrons. The van der Waals surface area contributed by atoms with Gasteiger partial charge in [-0.3, -0.25) is 13.9 Å². The number of fused-ring (bicyclic) bond motifs is 1. The number of aryl methyl sites for hydroxylation is 1. The summed E-state index contributed by atoms with van der Waals surface area (Å²) in [5, 5.41) is 2.87. The smallest absolute Gasteiger partial charge is 0.330 e. The summed E-state index contributed by atoms with van der Waals surface area (Å²) in [5.74, 6) is 0.489. The maximum Gasteiger partial charge on any atom is 0.330 e. The van der Waals surface area contributed by atoms with Crippen LogP contribution in [0.5, 0.6) is 5.75 Å². The molecule has 4 aromatic rings. The molecule has 7 heteroatoms. The van der Waals surface area contributed by atoms with E-state index in [1.807, 2.05) is 37.3 Å². The molecule has 0 aliphatic rings. The molecule has 2 aromatic heterocycles. The van der Waals surface area contributed by atoms with Crippen LogP contribution < -0.4 is 15.7 Å². The summed E-state index contributed by atoms with van der Waals surface area (Å²) in [6, 6.07) is 18.7. The van der Waals surface area contributed by atoms with Crippen LogP contribution in [0.3, 0.4) is 0 Å². The number of hydrogen-bond donors (Lipinski definition) is 1. The molecule has 0 aliphatic heterocycles. The third-order valence-corrected chi connectivity index (χ3v) is 5.17. The molecule has 0 fully saturated rings. The minimum absolute atomic E-state index is 0.145. The average molecular weight is 416 g/mol. The second-order valence-corrected chi connectivity index (χ2v) is 7.34. The van der Waals surface area contributed by atoms with E-state index in [4.69, 9.17) is 4.74 Å². The van der Waals surface area contributed by atoms with E-state index in [0.717, 1.165) is 16.6 Å². The first-order chi connectivity index (χ1) is 15.1. The van der Waals surface area contributed by atoms with Crippen LogP contribution in [0.25, 0.3) is 11.2 Å². The van der Waals surface area contributed by atoms with Gasteiger partial charge in [0.15, 0.2) is 5.65 Å². The van der Waals surface area contributed by atoms with E-state index in [9.17, 15) is 9.59 Å². The topological polar surface area (TPSA) is 78.1 Å². The van der Waals surface area contributed by atoms with Crippen molar-refractivity contribution in [1.29, 1.82) is 0 Å². The van der Waals surface area contributed by atoms with Gasteiger partial charge >= 0.3 is 5.69 Å². The summed E-state index contributed by atoms with van der Waals surface area (Å²) in [5.41, 5.74) is 3.97. The molecule has 4 rings (SSSR count). The third-order valence-electron chi connectivity index (χ3n) is 5.17. The summed E-state index contributed by atoms with van der Waals surface area (Å²) in [6.07, 6.45) is 1.67. The number of nitrogens with zero attached hydrogens (tertiary/aromatic N) is 3. The summed E-state index contributed by atoms with van der Waals surface area (Å²) in [6.45, 7) is 3.14. The van der Waals surface area contributed by atoms with Gasteiger partial charge in [0.1, 0.15) is 5.75 Å². The highest BCUT2D eigenvalue weighted by Gasteiger charge is 2.15. The lowest BCUT2D eigenvalue weighted by atomic mass is 10.1. The Bertz CT molecular complexity index is 1270. The Balaban J connectivity index is 1.53. The summed E-state index contributed by atoms with van der Waals surface area (Å²) < 4.78 is 8.45. The number of methoxy groups -OCH3 is 1. The second-order valence-electron chi connectivity index (χ2n) is 7.34. The molecule has 0 unspecified atom stereocenters. The summed E-state index contributed by atoms with van der Waals surface area (Å²) >= 11 is 0. The number of nitrogens with one attached hydrogen (secondary N) is 1. The van der Waals surface area contributed by atoms with Crippen LogP contribution in [-0.2, 0) is 13.1 Å². The molecule has 1 amide bonds. The third kappa shape index (κ3) is 4.35. The van der Waals surface area contributed by atoms with Crippen molar-refractivity contribution < 1.29 is 9.53 Å². The lowest BCUT2D eigenvalue weighted by molar-refractivity contribution is 0.0952. The van der Waals surface area contributed by atoms with E-state index in [-0.39, 0.29) is 11.6 Å². The number of imidazole rings is 1. The minimum atomic E-state index is -0.202. The number of rotatable bonds is 7. The molecule has 0 atom stereocenters. The molecule has 0 spiro atoms. The zero-order chi connectivity index (χ0) is 21.8. The number of carbonyl (C=O) groups is 1. The van der Waals surface area contributed by atoms with Gasteiger partial charge in [0.05, 0.1) is 19.2 Å². The normalized spacial score (nSPS) is 10.9. The highest BCUT2D eigenvalue weighted by Crippen LogP contribution is 2.14. The molecular formula is C24H24N4O3. The molecule has 158 valence electrons. The van der Waals surface area contributed by atoms with Gasteiger partial charge in [-0.25, -0.2) is 9.78 Å². The van der Waals surface area contributed by atoms with Crippen molar-refractivity contribution in [2.24, 2.45) is 0 Å². The largest absolute Gasteiger partial charge is 0.497 e. The van der Waals surface area contributed by atoms with Crippen LogP contribution in [0.15, 0.2) is 71.7 Å². The van der Waals surface area contributed by atoms with Crippen LogP contribution in [0.4, 0.5) is 0 Å². The average Bonchev–Trinajstić information content (AvgIpc) is 3.05. The SMILES string of the molecule is COc1ccc(C(=O)NCCn2c(=O)n(Cc3cccc(C)c3)c3cccnc32)cc1. The molecule has 2 aromatic carbocycles. The van der Waals surface area contributed by atoms with Gasteiger partial charge in [-0.15, -0.1) is 0 Å². The van der Waals surface area contributed by atoms with Crippen molar-refractivity contribution in [3.63, 3.8) is 0 Å². The number of benzene rings is 2. The Labute approximate surface area is 179 Å². The molecule has 0 bridgehead atoms. The lowest BCUT2D eigenvalue weighted by Crippen LogP contribution is -2.32. The number of amides is 1. The molecule has 31 heavy (non-hydrogen) atoms. The first-order valence-corrected chi connectivity index (χ1v) is 10.1. The fourth-order valence-corrected chi connectivity index (χ4v) is 3.62. The van der Waals surface area contributed by atoms with Crippen LogP contribution in [0.1, 0.15) is 21.5 Å². The van der Waals surface area contributed by atoms with E-state index in [1.54, 1.807) is 46.7 Å². The quantitative estimate of drug-likeness (QED) is 0.502. The Kier molecular flexibility index (Phi) is 5.84. The van der Waals surface area contributed by atoms with Crippen molar-refractivity contribution in [2.75, 3.05) is 13.7 Å². The Morgan fingerprint density at radius 2 is 1.87 bits per heavy atom. The van der Waals surface area contributed by atoms with Gasteiger partial charge in [-0.05, 0) is 48.9 Å². The fourth-order valence-electron chi connectivity index (χ4n) is 3.62. The number of pyridine rings is 1. The van der Waals surface area contributed by atoms with Crippen LogP contribution in [0, 0.1) is 6.92 Å². The molecular weight excluding hydrogens is 392 g/mol. The standard InChI is InChI=1S/C24H24N4O3/c1-17-5-3-6-18(15-17)16-28-21-7-4-12-25-22(21)27(24(28)30)14-13-26-23(29)19-8-10-20(31-2)11-9-19/h3-12,15H,13-14,16H2,1-2H3,(H,26,29). The first kappa shape index (κ1) is 20.4. The van der Waals surface area contributed by atoms with Crippen molar-refractivity contribution in [2.45, 2.75) is 20.0 Å². The summed E-state index contributed by atoms with van der Waals surface area (Å²) in [4.78, 5) is 30.0. The molecule has 0 saturated heterocycles. The lowest BCUT2D eigenvalue weighted by Gasteiger charge is -2.07. The Morgan fingerprint density at radius 3 is 2.61 bits per heavy atom. The van der Waals surface area contributed by atoms with E-state index in [2.05, 4.69) is 16.4 Å². The fraction of sp³-hybridized carbons (Fsp3) is 0.208. The maximum absolute atomic E-state index is 13.2. The van der Waals surface area contributed by atoms with Gasteiger partial charge in [0.25, 0.3) is 5.91 Å². The Hall–Kier alpha value is -3.87. The zero-order valence-corrected chi connectivity index (χ0v) is 17.5. The van der Waals surface area contributed by atoms with Gasteiger partial charge in [0.2, 0.25) is 0 Å². The predicted molar refractivity (Wildman–Crippen MR) is 120 cm³/mol.